The summed E-state index contributed by atoms with van der Waals surface area (Å²) < 4.78 is 7.39. The van der Waals surface area contributed by atoms with E-state index in [1.54, 1.807) is 0 Å². The van der Waals surface area contributed by atoms with Gasteiger partial charge < -0.3 is 9.09 Å². The third-order valence-corrected chi connectivity index (χ3v) is 4.30. The van der Waals surface area contributed by atoms with E-state index in [4.69, 9.17) is 4.52 Å². The molecule has 0 spiro atoms. The summed E-state index contributed by atoms with van der Waals surface area (Å²) in [7, 11) is 0. The lowest BCUT2D eigenvalue weighted by molar-refractivity contribution is 0.213. The molecule has 0 fully saturated rings. The Labute approximate surface area is 140 Å². The molecule has 3 aromatic rings. The number of fused-ring (bicyclic) bond motifs is 1. The van der Waals surface area contributed by atoms with Gasteiger partial charge >= 0.3 is 0 Å². The lowest BCUT2D eigenvalue weighted by Gasteiger charge is -2.27. The molecule has 0 bridgehead atoms. The number of hydrogen-bond donors (Lipinski definition) is 0. The van der Waals surface area contributed by atoms with Crippen LogP contribution in [0.5, 0.6) is 0 Å². The number of benzene rings is 1. The highest BCUT2D eigenvalue weighted by Crippen LogP contribution is 2.21. The molecule has 0 aliphatic carbocycles. The fraction of sp³-hybridized carbons (Fsp3) is 0.412. The smallest absolute Gasteiger partial charge is 0.226 e. The van der Waals surface area contributed by atoms with E-state index in [1.165, 1.54) is 0 Å². The second-order valence-corrected chi connectivity index (χ2v) is 6.07. The number of rotatable bonds is 5. The van der Waals surface area contributed by atoms with Crippen LogP contribution in [0.4, 0.5) is 0 Å². The van der Waals surface area contributed by atoms with E-state index in [2.05, 4.69) is 41.9 Å². The second kappa shape index (κ2) is 6.52. The molecule has 7 nitrogen and oxygen atoms in total. The van der Waals surface area contributed by atoms with Gasteiger partial charge in [0.05, 0.1) is 6.54 Å². The summed E-state index contributed by atoms with van der Waals surface area (Å²) in [6.45, 7) is 5.60. The summed E-state index contributed by atoms with van der Waals surface area (Å²) in [4.78, 5) is 6.65. The molecule has 0 N–H and O–H groups in total. The number of nitrogens with zero attached hydrogens (tertiary/aromatic N) is 6. The fourth-order valence-electron chi connectivity index (χ4n) is 3.09. The van der Waals surface area contributed by atoms with E-state index in [9.17, 15) is 0 Å². The third kappa shape index (κ3) is 3.07. The summed E-state index contributed by atoms with van der Waals surface area (Å²) >= 11 is 0. The van der Waals surface area contributed by atoms with Crippen molar-refractivity contribution in [2.45, 2.75) is 32.9 Å². The summed E-state index contributed by atoms with van der Waals surface area (Å²) in [6, 6.07) is 10.2. The van der Waals surface area contributed by atoms with Crippen molar-refractivity contribution >= 4 is 0 Å². The normalized spacial score (nSPS) is 14.7. The van der Waals surface area contributed by atoms with Crippen LogP contribution in [-0.4, -0.2) is 42.9 Å². The predicted octanol–water partition coefficient (Wildman–Crippen LogP) is 2.08. The van der Waals surface area contributed by atoms with E-state index < -0.39 is 0 Å². The maximum atomic E-state index is 5.16. The van der Waals surface area contributed by atoms with Crippen molar-refractivity contribution in [2.75, 3.05) is 13.1 Å². The molecule has 0 saturated heterocycles. The second-order valence-electron chi connectivity index (χ2n) is 6.07. The first-order chi connectivity index (χ1) is 11.8. The van der Waals surface area contributed by atoms with Crippen molar-refractivity contribution in [3.8, 4) is 11.4 Å². The van der Waals surface area contributed by atoms with Gasteiger partial charge in [0, 0.05) is 25.1 Å². The first kappa shape index (κ1) is 15.0. The van der Waals surface area contributed by atoms with Gasteiger partial charge in [-0.25, -0.2) is 0 Å². The molecule has 1 aromatic carbocycles. The summed E-state index contributed by atoms with van der Waals surface area (Å²) in [6.07, 6.45) is 1.82. The lowest BCUT2D eigenvalue weighted by Crippen LogP contribution is -2.34. The molecule has 0 radical (unpaired) electrons. The minimum atomic E-state index is 0.699. The molecule has 7 heteroatoms. The zero-order valence-corrected chi connectivity index (χ0v) is 13.7. The molecule has 3 heterocycles. The lowest BCUT2D eigenvalue weighted by atomic mass is 10.2. The Kier molecular flexibility index (Phi) is 4.08. The van der Waals surface area contributed by atoms with Crippen LogP contribution in [0.15, 0.2) is 34.9 Å². The largest absolute Gasteiger partial charge is 0.339 e. The average Bonchev–Trinajstić information content (AvgIpc) is 3.21. The first-order valence-electron chi connectivity index (χ1n) is 8.28. The molecule has 1 aliphatic rings. The Morgan fingerprint density at radius 1 is 1.12 bits per heavy atom. The van der Waals surface area contributed by atoms with Gasteiger partial charge in [-0.1, -0.05) is 35.5 Å². The van der Waals surface area contributed by atoms with Crippen molar-refractivity contribution < 1.29 is 4.52 Å². The first-order valence-corrected chi connectivity index (χ1v) is 8.28. The summed E-state index contributed by atoms with van der Waals surface area (Å²) in [5, 5.41) is 12.6. The van der Waals surface area contributed by atoms with Crippen LogP contribution in [0.1, 0.15) is 24.0 Å². The molecule has 0 atom stereocenters. The summed E-state index contributed by atoms with van der Waals surface area (Å²) in [5.74, 6) is 3.42. The Bertz CT molecular complexity index is 810. The zero-order valence-electron chi connectivity index (χ0n) is 13.7. The summed E-state index contributed by atoms with van der Waals surface area (Å²) in [5.41, 5.74) is 1.12. The average molecular weight is 324 g/mol. The minimum absolute atomic E-state index is 0.699. The highest BCUT2D eigenvalue weighted by molar-refractivity contribution is 5.55. The quantitative estimate of drug-likeness (QED) is 0.715. The number of hydrogen-bond acceptors (Lipinski definition) is 6. The molecule has 0 saturated carbocycles. The van der Waals surface area contributed by atoms with Crippen LogP contribution in [0.3, 0.4) is 0 Å². The van der Waals surface area contributed by atoms with Gasteiger partial charge in [0.15, 0.2) is 11.6 Å². The zero-order chi connectivity index (χ0) is 16.4. The molecule has 0 unspecified atom stereocenters. The Balaban J connectivity index is 1.37. The fourth-order valence-corrected chi connectivity index (χ4v) is 3.09. The Morgan fingerprint density at radius 3 is 2.79 bits per heavy atom. The monoisotopic (exact) mass is 324 g/mol. The van der Waals surface area contributed by atoms with Crippen LogP contribution >= 0.6 is 0 Å². The predicted molar refractivity (Wildman–Crippen MR) is 88.1 cm³/mol. The maximum absolute atomic E-state index is 5.16. The Hall–Kier alpha value is -2.54. The van der Waals surface area contributed by atoms with E-state index in [0.717, 1.165) is 62.1 Å². The standard InChI is InChI=1S/C17H20N6O/c1-13-18-16(24-21-13)8-5-9-22-10-11-23-15(12-22)19-20-17(23)14-6-3-2-4-7-14/h2-4,6-7H,5,8-12H2,1H3. The van der Waals surface area contributed by atoms with Crippen LogP contribution in [0, 0.1) is 6.92 Å². The van der Waals surface area contributed by atoms with Crippen molar-refractivity contribution in [1.29, 1.82) is 0 Å². The number of aromatic nitrogens is 5. The van der Waals surface area contributed by atoms with Gasteiger partial charge in [-0.3, -0.25) is 4.90 Å². The van der Waals surface area contributed by atoms with Crippen LogP contribution < -0.4 is 0 Å². The van der Waals surface area contributed by atoms with Crippen molar-refractivity contribution in [3.63, 3.8) is 0 Å². The number of aryl methyl sites for hydroxylation is 2. The molecular formula is C17H20N6O. The van der Waals surface area contributed by atoms with Crippen molar-refractivity contribution in [1.82, 2.24) is 29.8 Å². The van der Waals surface area contributed by atoms with Gasteiger partial charge in [-0.2, -0.15) is 4.98 Å². The highest BCUT2D eigenvalue weighted by atomic mass is 16.5. The molecule has 124 valence electrons. The molecule has 24 heavy (non-hydrogen) atoms. The van der Waals surface area contributed by atoms with E-state index in [1.807, 2.05) is 25.1 Å². The van der Waals surface area contributed by atoms with E-state index in [-0.39, 0.29) is 0 Å². The van der Waals surface area contributed by atoms with E-state index >= 15 is 0 Å². The van der Waals surface area contributed by atoms with Crippen molar-refractivity contribution in [2.24, 2.45) is 0 Å². The molecular weight excluding hydrogens is 304 g/mol. The molecule has 4 rings (SSSR count). The van der Waals surface area contributed by atoms with Crippen LogP contribution in [0.25, 0.3) is 11.4 Å². The molecule has 2 aromatic heterocycles. The third-order valence-electron chi connectivity index (χ3n) is 4.30. The van der Waals surface area contributed by atoms with Crippen molar-refractivity contribution in [3.05, 3.63) is 47.9 Å². The van der Waals surface area contributed by atoms with Gasteiger partial charge in [-0.15, -0.1) is 10.2 Å². The van der Waals surface area contributed by atoms with Crippen LogP contribution in [-0.2, 0) is 19.5 Å². The highest BCUT2D eigenvalue weighted by Gasteiger charge is 2.21. The van der Waals surface area contributed by atoms with Gasteiger partial charge in [-0.05, 0) is 19.9 Å². The SMILES string of the molecule is Cc1noc(CCCN2CCn3c(nnc3-c3ccccc3)C2)n1. The van der Waals surface area contributed by atoms with Crippen LogP contribution in [0.2, 0.25) is 0 Å². The van der Waals surface area contributed by atoms with Gasteiger partial charge in [0.1, 0.15) is 5.82 Å². The minimum Gasteiger partial charge on any atom is -0.339 e. The maximum Gasteiger partial charge on any atom is 0.226 e. The molecule has 1 aliphatic heterocycles. The molecule has 0 amide bonds. The topological polar surface area (TPSA) is 72.9 Å². The van der Waals surface area contributed by atoms with E-state index in [0.29, 0.717) is 5.82 Å². The van der Waals surface area contributed by atoms with Gasteiger partial charge in [0.2, 0.25) is 5.89 Å². The Morgan fingerprint density at radius 2 is 2.00 bits per heavy atom. The van der Waals surface area contributed by atoms with Gasteiger partial charge in [0.25, 0.3) is 0 Å².